The number of hydrogen-bond donors (Lipinski definition) is 2. The van der Waals surface area contributed by atoms with Crippen LogP contribution < -0.4 is 10.0 Å². The first-order valence-electron chi connectivity index (χ1n) is 6.73. The summed E-state index contributed by atoms with van der Waals surface area (Å²) >= 11 is 1.67. The van der Waals surface area contributed by atoms with E-state index in [0.717, 1.165) is 17.2 Å². The predicted molar refractivity (Wildman–Crippen MR) is 89.1 cm³/mol. The van der Waals surface area contributed by atoms with Gasteiger partial charge < -0.3 is 5.32 Å². The number of aliphatic imine (C=N–C) groups is 1. The molecule has 1 aromatic rings. The number of benzene rings is 1. The van der Waals surface area contributed by atoms with Crippen molar-refractivity contribution in [3.63, 3.8) is 0 Å². The molecule has 1 atom stereocenters. The lowest BCUT2D eigenvalue weighted by atomic mass is 10.1. The molecule has 0 aromatic heterocycles. The third-order valence-electron chi connectivity index (χ3n) is 2.97. The monoisotopic (exact) mass is 327 g/mol. The summed E-state index contributed by atoms with van der Waals surface area (Å²) in [5.74, 6) is 0.933. The molecule has 0 amide bonds. The zero-order valence-electron chi connectivity index (χ0n) is 12.5. The van der Waals surface area contributed by atoms with Crippen molar-refractivity contribution in [2.75, 3.05) is 18.6 Å². The number of thioether (sulfide) groups is 1. The topological polar surface area (TPSA) is 70.6 Å². The molecule has 0 radical (unpaired) electrons. The van der Waals surface area contributed by atoms with Crippen molar-refractivity contribution in [1.29, 1.82) is 0 Å². The maximum Gasteiger partial charge on any atom is 0.209 e. The zero-order chi connectivity index (χ0) is 15.5. The standard InChI is InChI=1S/C14H21N3O2S2/c1-14(2,17-21(3,18)19)10-15-13-16-12(9-20-13)11-7-5-4-6-8-11/h4-8,12,17H,9-10H2,1-3H3,(H,15,16). The molecule has 7 heteroatoms. The van der Waals surface area contributed by atoms with Crippen LogP contribution in [0, 0.1) is 0 Å². The van der Waals surface area contributed by atoms with Crippen LogP contribution >= 0.6 is 11.8 Å². The average molecular weight is 327 g/mol. The number of amidine groups is 1. The second-order valence-electron chi connectivity index (χ2n) is 5.80. The van der Waals surface area contributed by atoms with Crippen molar-refractivity contribution in [2.24, 2.45) is 4.99 Å². The number of nitrogens with zero attached hydrogens (tertiary/aromatic N) is 1. The van der Waals surface area contributed by atoms with E-state index in [1.807, 2.05) is 32.0 Å². The summed E-state index contributed by atoms with van der Waals surface area (Å²) in [4.78, 5) is 4.50. The van der Waals surface area contributed by atoms with Gasteiger partial charge in [0.1, 0.15) is 0 Å². The van der Waals surface area contributed by atoms with Gasteiger partial charge in [-0.3, -0.25) is 4.99 Å². The molecule has 1 aliphatic heterocycles. The third-order valence-corrected chi connectivity index (χ3v) is 4.91. The van der Waals surface area contributed by atoms with Crippen LogP contribution in [0.1, 0.15) is 25.5 Å². The summed E-state index contributed by atoms with van der Waals surface area (Å²) in [6.07, 6.45) is 1.16. The first-order chi connectivity index (χ1) is 9.75. The molecule has 1 heterocycles. The summed E-state index contributed by atoms with van der Waals surface area (Å²) in [6, 6.07) is 10.5. The van der Waals surface area contributed by atoms with Crippen molar-refractivity contribution in [3.05, 3.63) is 35.9 Å². The highest BCUT2D eigenvalue weighted by atomic mass is 32.2. The fourth-order valence-corrected chi connectivity index (χ4v) is 4.20. The van der Waals surface area contributed by atoms with Crippen LogP contribution in [0.25, 0.3) is 0 Å². The van der Waals surface area contributed by atoms with E-state index in [9.17, 15) is 8.42 Å². The summed E-state index contributed by atoms with van der Waals surface area (Å²) in [5, 5.41) is 4.25. The molecule has 1 unspecified atom stereocenters. The summed E-state index contributed by atoms with van der Waals surface area (Å²) < 4.78 is 25.2. The Morgan fingerprint density at radius 1 is 1.38 bits per heavy atom. The van der Waals surface area contributed by atoms with Crippen LogP contribution in [0.2, 0.25) is 0 Å². The molecule has 5 nitrogen and oxygen atoms in total. The van der Waals surface area contributed by atoms with Gasteiger partial charge in [-0.25, -0.2) is 13.1 Å². The van der Waals surface area contributed by atoms with Crippen molar-refractivity contribution < 1.29 is 8.42 Å². The Morgan fingerprint density at radius 2 is 2.05 bits per heavy atom. The number of hydrogen-bond acceptors (Lipinski definition) is 4. The molecule has 1 aliphatic rings. The van der Waals surface area contributed by atoms with E-state index in [1.165, 1.54) is 5.56 Å². The van der Waals surface area contributed by atoms with Crippen LogP contribution in [-0.4, -0.2) is 37.7 Å². The lowest BCUT2D eigenvalue weighted by Gasteiger charge is -2.22. The average Bonchev–Trinajstić information content (AvgIpc) is 2.84. The van der Waals surface area contributed by atoms with E-state index in [2.05, 4.69) is 27.2 Å². The van der Waals surface area contributed by atoms with Crippen LogP contribution in [0.5, 0.6) is 0 Å². The van der Waals surface area contributed by atoms with E-state index in [0.29, 0.717) is 6.54 Å². The lowest BCUT2D eigenvalue weighted by molar-refractivity contribution is 0.466. The van der Waals surface area contributed by atoms with Crippen LogP contribution in [0.4, 0.5) is 0 Å². The third kappa shape index (κ3) is 5.33. The van der Waals surface area contributed by atoms with Gasteiger partial charge in [-0.1, -0.05) is 42.1 Å². The number of nitrogens with one attached hydrogen (secondary N) is 2. The van der Waals surface area contributed by atoms with Crippen LogP contribution in [0.15, 0.2) is 35.3 Å². The highest BCUT2D eigenvalue weighted by Crippen LogP contribution is 2.26. The SMILES string of the molecule is CC(C)(CN=C1NC(c2ccccc2)CS1)NS(C)(=O)=O. The maximum absolute atomic E-state index is 11.3. The van der Waals surface area contributed by atoms with Crippen LogP contribution in [-0.2, 0) is 10.0 Å². The van der Waals surface area contributed by atoms with Crippen molar-refractivity contribution >= 4 is 27.0 Å². The molecule has 0 spiro atoms. The lowest BCUT2D eigenvalue weighted by Crippen LogP contribution is -2.45. The minimum absolute atomic E-state index is 0.265. The second kappa shape index (κ2) is 6.37. The Kier molecular flexibility index (Phi) is 4.95. The normalized spacial score (nSPS) is 21.5. The van der Waals surface area contributed by atoms with Gasteiger partial charge in [0.15, 0.2) is 5.17 Å². The van der Waals surface area contributed by atoms with Gasteiger partial charge in [0, 0.05) is 11.3 Å². The minimum atomic E-state index is -3.23. The first kappa shape index (κ1) is 16.3. The van der Waals surface area contributed by atoms with Gasteiger partial charge >= 0.3 is 0 Å². The van der Waals surface area contributed by atoms with Crippen molar-refractivity contribution in [3.8, 4) is 0 Å². The molecule has 0 aliphatic carbocycles. The highest BCUT2D eigenvalue weighted by molar-refractivity contribution is 8.14. The molecule has 116 valence electrons. The Hall–Kier alpha value is -1.05. The second-order valence-corrected chi connectivity index (χ2v) is 8.56. The largest absolute Gasteiger partial charge is 0.357 e. The molecule has 0 saturated carbocycles. The number of rotatable bonds is 5. The highest BCUT2D eigenvalue weighted by Gasteiger charge is 2.25. The summed E-state index contributed by atoms with van der Waals surface area (Å²) in [5.41, 5.74) is 0.650. The Bertz CT molecular complexity index is 612. The predicted octanol–water partition coefficient (Wildman–Crippen LogP) is 1.75. The molecular weight excluding hydrogens is 306 g/mol. The van der Waals surface area contributed by atoms with Gasteiger partial charge in [0.25, 0.3) is 0 Å². The molecule has 2 rings (SSSR count). The quantitative estimate of drug-likeness (QED) is 0.864. The van der Waals surface area contributed by atoms with Crippen molar-refractivity contribution in [2.45, 2.75) is 25.4 Å². The van der Waals surface area contributed by atoms with Crippen molar-refractivity contribution in [1.82, 2.24) is 10.0 Å². The van der Waals surface area contributed by atoms with Gasteiger partial charge in [0.05, 0.1) is 18.8 Å². The Labute approximate surface area is 130 Å². The van der Waals surface area contributed by atoms with Gasteiger partial charge in [-0.15, -0.1) is 0 Å². The summed E-state index contributed by atoms with van der Waals surface area (Å²) in [6.45, 7) is 4.05. The maximum atomic E-state index is 11.3. The van der Waals surface area contributed by atoms with Gasteiger partial charge in [-0.05, 0) is 19.4 Å². The Morgan fingerprint density at radius 3 is 2.67 bits per heavy atom. The van der Waals surface area contributed by atoms with Crippen LogP contribution in [0.3, 0.4) is 0 Å². The van der Waals surface area contributed by atoms with E-state index in [1.54, 1.807) is 11.8 Å². The molecule has 21 heavy (non-hydrogen) atoms. The molecule has 2 N–H and O–H groups in total. The van der Waals surface area contributed by atoms with E-state index in [4.69, 9.17) is 0 Å². The van der Waals surface area contributed by atoms with E-state index in [-0.39, 0.29) is 6.04 Å². The molecular formula is C14H21N3O2S2. The molecule has 1 aromatic carbocycles. The zero-order valence-corrected chi connectivity index (χ0v) is 14.1. The fourth-order valence-electron chi connectivity index (χ4n) is 2.15. The molecule has 1 saturated heterocycles. The molecule has 0 bridgehead atoms. The Balaban J connectivity index is 1.95. The summed E-state index contributed by atoms with van der Waals surface area (Å²) in [7, 11) is -3.23. The first-order valence-corrected chi connectivity index (χ1v) is 9.61. The fraction of sp³-hybridized carbons (Fsp3) is 0.500. The smallest absolute Gasteiger partial charge is 0.209 e. The molecule has 1 fully saturated rings. The van der Waals surface area contributed by atoms with Gasteiger partial charge in [-0.2, -0.15) is 0 Å². The number of sulfonamides is 1. The minimum Gasteiger partial charge on any atom is -0.357 e. The van der Waals surface area contributed by atoms with E-state index < -0.39 is 15.6 Å². The van der Waals surface area contributed by atoms with Gasteiger partial charge in [0.2, 0.25) is 10.0 Å². The van der Waals surface area contributed by atoms with E-state index >= 15 is 0 Å².